The standard InChI is InChI=1S/C56H70N8O9/c1-11-28(4)63(53(65)47(61-55(67)69-9)35-18-29(5)73-38(12-2)21-35)31(7)51-57-25-45(59-51)34-13-15-39-36(20-34)26-71-46-24-41-33(22-42(39)46)14-16-44-48(41)60-52(58-44)50-27(3)17-37-23-40-32(8)72-30(6)19-43(40)49(54(66)64(37)50)62-56(68)70-10/h12-16,20,22,24-25,27-32,35,37-38,40,43,47,49-50H,2,11,17-19,21,23,26H2,1,3-10H3,(H,57,59)(H,58,60)(H,61,67)(H,62,68)/t27-,28-,29+,30+,31-,32+,35?,37+,38+,40?,43?,47-,49-,50-/m0/s1. The number of hydrogen-bond acceptors (Lipinski definition) is 11. The number of aromatic amines is 2. The van der Waals surface area contributed by atoms with Gasteiger partial charge in [-0.1, -0.05) is 38.1 Å². The monoisotopic (exact) mass is 999 g/mol. The molecule has 0 bridgehead atoms. The molecule has 3 aromatic carbocycles. The number of methoxy groups -OCH3 is 2. The highest BCUT2D eigenvalue weighted by Crippen LogP contribution is 2.50. The second-order valence-electron chi connectivity index (χ2n) is 21.4. The molecule has 4 amide bonds. The van der Waals surface area contributed by atoms with Crippen molar-refractivity contribution in [3.8, 4) is 28.1 Å². The minimum Gasteiger partial charge on any atom is -0.488 e. The third kappa shape index (κ3) is 9.21. The van der Waals surface area contributed by atoms with Crippen LogP contribution in [0.3, 0.4) is 0 Å². The fourth-order valence-corrected chi connectivity index (χ4v) is 13.1. The smallest absolute Gasteiger partial charge is 0.407 e. The van der Waals surface area contributed by atoms with Crippen molar-refractivity contribution in [2.24, 2.45) is 23.7 Å². The number of rotatable bonds is 11. The normalized spacial score (nSPS) is 28.8. The summed E-state index contributed by atoms with van der Waals surface area (Å²) >= 11 is 0. The average molecular weight is 999 g/mol. The van der Waals surface area contributed by atoms with E-state index in [0.717, 1.165) is 74.2 Å². The Morgan fingerprint density at radius 1 is 0.932 bits per heavy atom. The molecule has 5 aliphatic rings. The number of benzene rings is 3. The lowest BCUT2D eigenvalue weighted by Crippen LogP contribution is -2.56. The first-order chi connectivity index (χ1) is 35.1. The molecule has 388 valence electrons. The van der Waals surface area contributed by atoms with Gasteiger partial charge in [0.15, 0.2) is 0 Å². The lowest BCUT2D eigenvalue weighted by atomic mass is 9.74. The number of amides is 4. The van der Waals surface area contributed by atoms with E-state index in [-0.39, 0.29) is 78.0 Å². The largest absolute Gasteiger partial charge is 0.488 e. The number of alkyl carbamates (subject to hydrolysis) is 2. The van der Waals surface area contributed by atoms with Crippen LogP contribution in [0.15, 0.2) is 61.3 Å². The first kappa shape index (κ1) is 50.1. The van der Waals surface area contributed by atoms with Crippen LogP contribution in [-0.2, 0) is 35.1 Å². The van der Waals surface area contributed by atoms with Crippen LogP contribution in [0, 0.1) is 23.7 Å². The van der Waals surface area contributed by atoms with Gasteiger partial charge in [0.2, 0.25) is 11.8 Å². The van der Waals surface area contributed by atoms with Crippen molar-refractivity contribution >= 4 is 45.8 Å². The maximum atomic E-state index is 14.8. The Hall–Kier alpha value is -6.46. The second kappa shape index (κ2) is 20.1. The van der Waals surface area contributed by atoms with Crippen LogP contribution in [0.1, 0.15) is 116 Å². The van der Waals surface area contributed by atoms with Crippen molar-refractivity contribution in [1.29, 1.82) is 0 Å². The highest BCUT2D eigenvalue weighted by atomic mass is 16.5. The van der Waals surface area contributed by atoms with E-state index >= 15 is 0 Å². The van der Waals surface area contributed by atoms with E-state index in [4.69, 9.17) is 33.7 Å². The minimum absolute atomic E-state index is 0.0291. The van der Waals surface area contributed by atoms with Gasteiger partial charge < -0.3 is 54.1 Å². The fraction of sp³-hybridized carbons (Fsp3) is 0.536. The van der Waals surface area contributed by atoms with E-state index in [1.165, 1.54) is 14.2 Å². The third-order valence-corrected chi connectivity index (χ3v) is 16.8. The number of ether oxygens (including phenoxy) is 5. The van der Waals surface area contributed by atoms with E-state index < -0.39 is 30.3 Å². The van der Waals surface area contributed by atoms with Crippen molar-refractivity contribution < 1.29 is 42.9 Å². The summed E-state index contributed by atoms with van der Waals surface area (Å²) in [5.41, 5.74) is 6.47. The van der Waals surface area contributed by atoms with Crippen molar-refractivity contribution in [1.82, 2.24) is 40.4 Å². The summed E-state index contributed by atoms with van der Waals surface area (Å²) in [4.78, 5) is 76.1. The van der Waals surface area contributed by atoms with Crippen LogP contribution in [0.4, 0.5) is 9.59 Å². The van der Waals surface area contributed by atoms with Gasteiger partial charge in [-0.25, -0.2) is 19.6 Å². The molecule has 17 heteroatoms. The second-order valence-corrected chi connectivity index (χ2v) is 21.4. The van der Waals surface area contributed by atoms with Gasteiger partial charge in [-0.2, -0.15) is 0 Å². The van der Waals surface area contributed by atoms with Gasteiger partial charge in [-0.3, -0.25) is 9.59 Å². The van der Waals surface area contributed by atoms with Crippen LogP contribution in [0.5, 0.6) is 5.75 Å². The Morgan fingerprint density at radius 2 is 1.71 bits per heavy atom. The van der Waals surface area contributed by atoms with E-state index in [9.17, 15) is 19.2 Å². The van der Waals surface area contributed by atoms with E-state index in [1.807, 2.05) is 44.4 Å². The number of nitrogens with zero attached hydrogens (tertiary/aromatic N) is 4. The highest BCUT2D eigenvalue weighted by Gasteiger charge is 2.54. The Balaban J connectivity index is 0.910. The molecule has 3 unspecified atom stereocenters. The van der Waals surface area contributed by atoms with Gasteiger partial charge in [0, 0.05) is 23.0 Å². The number of imidazole rings is 2. The van der Waals surface area contributed by atoms with Gasteiger partial charge in [-0.15, -0.1) is 6.58 Å². The summed E-state index contributed by atoms with van der Waals surface area (Å²) in [6, 6.07) is 12.2. The number of H-pyrrole nitrogens is 2. The summed E-state index contributed by atoms with van der Waals surface area (Å²) in [7, 11) is 2.63. The number of carbonyl (C=O) groups is 4. The molecule has 0 radical (unpaired) electrons. The summed E-state index contributed by atoms with van der Waals surface area (Å²) in [5.74, 6) is 1.74. The zero-order valence-electron chi connectivity index (χ0n) is 43.4. The molecule has 4 fully saturated rings. The number of fused-ring (bicyclic) bond motifs is 8. The minimum atomic E-state index is -0.836. The summed E-state index contributed by atoms with van der Waals surface area (Å²) < 4.78 is 28.9. The number of nitrogens with one attached hydrogen (secondary N) is 4. The Labute approximate surface area is 426 Å². The molecule has 4 N–H and O–H groups in total. The fourth-order valence-electron chi connectivity index (χ4n) is 13.1. The molecule has 0 spiro atoms. The van der Waals surface area contributed by atoms with Crippen LogP contribution in [-0.4, -0.2) is 117 Å². The summed E-state index contributed by atoms with van der Waals surface area (Å²) in [6.45, 7) is 18.6. The molecule has 2 aromatic heterocycles. The first-order valence-corrected chi connectivity index (χ1v) is 26.1. The predicted molar refractivity (Wildman–Crippen MR) is 275 cm³/mol. The Bertz CT molecular complexity index is 2930. The number of hydrogen-bond donors (Lipinski definition) is 4. The molecule has 5 aliphatic heterocycles. The van der Waals surface area contributed by atoms with Crippen LogP contribution in [0.2, 0.25) is 0 Å². The molecule has 7 heterocycles. The molecule has 73 heavy (non-hydrogen) atoms. The van der Waals surface area contributed by atoms with Crippen molar-refractivity contribution in [3.05, 3.63) is 78.5 Å². The van der Waals surface area contributed by atoms with Gasteiger partial charge in [0.05, 0.1) is 73.6 Å². The third-order valence-electron chi connectivity index (χ3n) is 16.8. The van der Waals surface area contributed by atoms with Crippen molar-refractivity contribution in [2.45, 2.75) is 154 Å². The Morgan fingerprint density at radius 3 is 2.47 bits per heavy atom. The molecular weight excluding hydrogens is 929 g/mol. The molecular formula is C56H70N8O9. The SMILES string of the molecule is C=C[C@@H]1CC([C@H](NC(=O)OC)C(=O)N([C@@H](C)CC)[C@@H](C)c2ncc(-c3ccc4c(c3)COc3cc5c(ccc6[nH]c([C@@H]7[C@@H](C)C[C@@H]8CC9C(C[C@@H](C)O[C@@H]9C)[C@H](NC(=O)OC)C(=O)N87)nc65)cc3-4)[nH]2)C[C@@H](C)O1. The molecule has 10 rings (SSSR count). The van der Waals surface area contributed by atoms with E-state index in [1.54, 1.807) is 12.3 Å². The number of carbonyl (C=O) groups excluding carboxylic acids is 4. The van der Waals surface area contributed by atoms with Crippen molar-refractivity contribution in [2.75, 3.05) is 14.2 Å². The quantitative estimate of drug-likeness (QED) is 0.0919. The zero-order valence-corrected chi connectivity index (χ0v) is 43.4. The Kier molecular flexibility index (Phi) is 13.8. The molecule has 14 atom stereocenters. The van der Waals surface area contributed by atoms with Crippen LogP contribution in [0.25, 0.3) is 44.2 Å². The zero-order chi connectivity index (χ0) is 51.6. The van der Waals surface area contributed by atoms with Crippen LogP contribution >= 0.6 is 0 Å². The summed E-state index contributed by atoms with van der Waals surface area (Å²) in [5, 5.41) is 7.77. The average Bonchev–Trinajstić information content (AvgIpc) is 4.12. The number of aromatic nitrogens is 4. The molecule has 0 saturated carbocycles. The predicted octanol–water partition coefficient (Wildman–Crippen LogP) is 9.28. The van der Waals surface area contributed by atoms with E-state index in [2.05, 4.69) is 83.5 Å². The van der Waals surface area contributed by atoms with E-state index in [0.29, 0.717) is 38.1 Å². The molecule has 5 aromatic rings. The van der Waals surface area contributed by atoms with Gasteiger partial charge in [0.1, 0.15) is 36.1 Å². The van der Waals surface area contributed by atoms with Crippen LogP contribution < -0.4 is 15.4 Å². The molecule has 4 saturated heterocycles. The molecule has 17 nitrogen and oxygen atoms in total. The molecule has 0 aliphatic carbocycles. The lowest BCUT2D eigenvalue weighted by molar-refractivity contribution is -0.142. The maximum Gasteiger partial charge on any atom is 0.407 e. The van der Waals surface area contributed by atoms with Gasteiger partial charge in [-0.05, 0) is 143 Å². The summed E-state index contributed by atoms with van der Waals surface area (Å²) in [6.07, 6.45) is 5.95. The topological polar surface area (TPSA) is 202 Å². The maximum absolute atomic E-state index is 14.8. The first-order valence-electron chi connectivity index (χ1n) is 26.1. The van der Waals surface area contributed by atoms with Gasteiger partial charge in [0.25, 0.3) is 0 Å². The lowest BCUT2D eigenvalue weighted by Gasteiger charge is -2.41. The van der Waals surface area contributed by atoms with Crippen molar-refractivity contribution in [3.63, 3.8) is 0 Å². The van der Waals surface area contributed by atoms with Gasteiger partial charge >= 0.3 is 12.2 Å². The highest BCUT2D eigenvalue weighted by molar-refractivity contribution is 6.07.